The van der Waals surface area contributed by atoms with E-state index >= 15 is 0 Å². The lowest BCUT2D eigenvalue weighted by atomic mass is 10.1. The number of ether oxygens (including phenoxy) is 1. The first kappa shape index (κ1) is 10.5. The van der Waals surface area contributed by atoms with E-state index in [4.69, 9.17) is 10.5 Å². The van der Waals surface area contributed by atoms with Gasteiger partial charge in [0, 0.05) is 11.6 Å². The number of nitrogens with one attached hydrogen (secondary N) is 1. The van der Waals surface area contributed by atoms with Crippen molar-refractivity contribution in [3.8, 4) is 5.75 Å². The van der Waals surface area contributed by atoms with Gasteiger partial charge in [-0.3, -0.25) is 4.79 Å². The van der Waals surface area contributed by atoms with Crippen molar-refractivity contribution in [2.24, 2.45) is 5.73 Å². The molecule has 1 amide bonds. The lowest BCUT2D eigenvalue weighted by Gasteiger charge is -2.10. The van der Waals surface area contributed by atoms with Crippen LogP contribution in [-0.4, -0.2) is 17.0 Å². The Morgan fingerprint density at radius 3 is 2.81 bits per heavy atom. The second-order valence-electron chi connectivity index (χ2n) is 3.91. The standard InChI is InChI=1S/C12H14N2O2/c1-7(2)16-10-5-3-4-8-9(12(13)15)6-14-11(8)10/h3-7,14H,1-2H3,(H2,13,15). The van der Waals surface area contributed by atoms with Gasteiger partial charge in [0.25, 0.3) is 5.91 Å². The Morgan fingerprint density at radius 1 is 1.44 bits per heavy atom. The number of hydrogen-bond acceptors (Lipinski definition) is 2. The van der Waals surface area contributed by atoms with Crippen LogP contribution in [0.4, 0.5) is 0 Å². The van der Waals surface area contributed by atoms with Crippen LogP contribution < -0.4 is 10.5 Å². The highest BCUT2D eigenvalue weighted by molar-refractivity contribution is 6.07. The Morgan fingerprint density at radius 2 is 2.19 bits per heavy atom. The number of rotatable bonds is 3. The summed E-state index contributed by atoms with van der Waals surface area (Å²) < 4.78 is 5.64. The first-order chi connectivity index (χ1) is 7.59. The second-order valence-corrected chi connectivity index (χ2v) is 3.91. The average molecular weight is 218 g/mol. The molecule has 1 aromatic heterocycles. The molecule has 0 saturated heterocycles. The van der Waals surface area contributed by atoms with Crippen molar-refractivity contribution >= 4 is 16.8 Å². The summed E-state index contributed by atoms with van der Waals surface area (Å²) in [4.78, 5) is 14.2. The molecule has 0 atom stereocenters. The smallest absolute Gasteiger partial charge is 0.250 e. The van der Waals surface area contributed by atoms with Crippen molar-refractivity contribution in [1.29, 1.82) is 0 Å². The van der Waals surface area contributed by atoms with E-state index in [-0.39, 0.29) is 6.10 Å². The molecular formula is C12H14N2O2. The lowest BCUT2D eigenvalue weighted by molar-refractivity contribution is 0.100. The molecule has 0 aliphatic rings. The number of aromatic amines is 1. The minimum atomic E-state index is -0.437. The van der Waals surface area contributed by atoms with Crippen LogP contribution in [0.15, 0.2) is 24.4 Å². The zero-order valence-electron chi connectivity index (χ0n) is 9.28. The van der Waals surface area contributed by atoms with Gasteiger partial charge in [0.05, 0.1) is 17.2 Å². The molecule has 0 spiro atoms. The number of para-hydroxylation sites is 1. The molecule has 0 aliphatic heterocycles. The lowest BCUT2D eigenvalue weighted by Crippen LogP contribution is -2.10. The number of amides is 1. The molecule has 0 unspecified atom stereocenters. The Balaban J connectivity index is 2.57. The van der Waals surface area contributed by atoms with Crippen LogP contribution in [0.5, 0.6) is 5.75 Å². The van der Waals surface area contributed by atoms with Crippen LogP contribution in [0.3, 0.4) is 0 Å². The molecule has 1 aromatic carbocycles. The van der Waals surface area contributed by atoms with E-state index in [0.717, 1.165) is 16.7 Å². The number of carbonyl (C=O) groups excluding carboxylic acids is 1. The van der Waals surface area contributed by atoms with Gasteiger partial charge < -0.3 is 15.5 Å². The number of benzene rings is 1. The average Bonchev–Trinajstić information content (AvgIpc) is 2.61. The minimum Gasteiger partial charge on any atom is -0.489 e. The number of aromatic nitrogens is 1. The maximum Gasteiger partial charge on any atom is 0.250 e. The number of H-pyrrole nitrogens is 1. The quantitative estimate of drug-likeness (QED) is 0.827. The van der Waals surface area contributed by atoms with E-state index in [1.807, 2.05) is 32.0 Å². The molecule has 1 heterocycles. The number of carbonyl (C=O) groups is 1. The molecule has 0 aliphatic carbocycles. The van der Waals surface area contributed by atoms with Gasteiger partial charge in [-0.1, -0.05) is 12.1 Å². The Bertz CT molecular complexity index is 529. The maximum absolute atomic E-state index is 11.2. The van der Waals surface area contributed by atoms with Crippen LogP contribution in [0.25, 0.3) is 10.9 Å². The second kappa shape index (κ2) is 3.89. The van der Waals surface area contributed by atoms with Crippen molar-refractivity contribution in [1.82, 2.24) is 4.98 Å². The van der Waals surface area contributed by atoms with Crippen LogP contribution >= 0.6 is 0 Å². The highest BCUT2D eigenvalue weighted by atomic mass is 16.5. The normalized spacial score (nSPS) is 10.9. The van der Waals surface area contributed by atoms with Gasteiger partial charge in [0.2, 0.25) is 0 Å². The van der Waals surface area contributed by atoms with E-state index < -0.39 is 5.91 Å². The first-order valence-corrected chi connectivity index (χ1v) is 5.16. The number of nitrogens with two attached hydrogens (primary N) is 1. The molecule has 2 aromatic rings. The molecule has 2 rings (SSSR count). The summed E-state index contributed by atoms with van der Waals surface area (Å²) in [7, 11) is 0. The predicted molar refractivity (Wildman–Crippen MR) is 62.6 cm³/mol. The summed E-state index contributed by atoms with van der Waals surface area (Å²) in [6.07, 6.45) is 1.70. The zero-order chi connectivity index (χ0) is 11.7. The molecule has 16 heavy (non-hydrogen) atoms. The fourth-order valence-corrected chi connectivity index (χ4v) is 1.68. The number of fused-ring (bicyclic) bond motifs is 1. The van der Waals surface area contributed by atoms with Gasteiger partial charge in [-0.25, -0.2) is 0 Å². The maximum atomic E-state index is 11.2. The van der Waals surface area contributed by atoms with Crippen molar-refractivity contribution in [2.75, 3.05) is 0 Å². The number of primary amides is 1. The van der Waals surface area contributed by atoms with Gasteiger partial charge >= 0.3 is 0 Å². The molecule has 4 heteroatoms. The molecule has 0 bridgehead atoms. The fourth-order valence-electron chi connectivity index (χ4n) is 1.68. The minimum absolute atomic E-state index is 0.0888. The van der Waals surface area contributed by atoms with Gasteiger partial charge in [-0.2, -0.15) is 0 Å². The number of hydrogen-bond donors (Lipinski definition) is 2. The van der Waals surface area contributed by atoms with E-state index in [1.54, 1.807) is 6.20 Å². The molecule has 84 valence electrons. The van der Waals surface area contributed by atoms with Gasteiger partial charge in [0.15, 0.2) is 0 Å². The van der Waals surface area contributed by atoms with E-state index in [1.165, 1.54) is 0 Å². The monoisotopic (exact) mass is 218 g/mol. The third-order valence-corrected chi connectivity index (χ3v) is 2.31. The van der Waals surface area contributed by atoms with Crippen molar-refractivity contribution < 1.29 is 9.53 Å². The van der Waals surface area contributed by atoms with Crippen LogP contribution in [-0.2, 0) is 0 Å². The van der Waals surface area contributed by atoms with Crippen molar-refractivity contribution in [2.45, 2.75) is 20.0 Å². The van der Waals surface area contributed by atoms with Gasteiger partial charge in [-0.05, 0) is 19.9 Å². The van der Waals surface area contributed by atoms with E-state index in [2.05, 4.69) is 4.98 Å². The van der Waals surface area contributed by atoms with Crippen molar-refractivity contribution in [3.63, 3.8) is 0 Å². The summed E-state index contributed by atoms with van der Waals surface area (Å²) in [5.41, 5.74) is 6.58. The fraction of sp³-hybridized carbons (Fsp3) is 0.250. The molecule has 0 radical (unpaired) electrons. The summed E-state index contributed by atoms with van der Waals surface area (Å²) in [5.74, 6) is 0.299. The van der Waals surface area contributed by atoms with Crippen molar-refractivity contribution in [3.05, 3.63) is 30.0 Å². The molecular weight excluding hydrogens is 204 g/mol. The largest absolute Gasteiger partial charge is 0.489 e. The van der Waals surface area contributed by atoms with Crippen LogP contribution in [0.2, 0.25) is 0 Å². The van der Waals surface area contributed by atoms with Gasteiger partial charge in [-0.15, -0.1) is 0 Å². The van der Waals surface area contributed by atoms with Crippen LogP contribution in [0, 0.1) is 0 Å². The zero-order valence-corrected chi connectivity index (χ0v) is 9.28. The third kappa shape index (κ3) is 1.74. The highest BCUT2D eigenvalue weighted by Crippen LogP contribution is 2.27. The molecule has 0 fully saturated rings. The molecule has 0 saturated carbocycles. The first-order valence-electron chi connectivity index (χ1n) is 5.16. The highest BCUT2D eigenvalue weighted by Gasteiger charge is 2.12. The summed E-state index contributed by atoms with van der Waals surface area (Å²) in [6.45, 7) is 3.91. The summed E-state index contributed by atoms with van der Waals surface area (Å²) in [6, 6.07) is 5.56. The SMILES string of the molecule is CC(C)Oc1cccc2c(C(N)=O)c[nH]c12. The van der Waals surface area contributed by atoms with Crippen LogP contribution in [0.1, 0.15) is 24.2 Å². The Hall–Kier alpha value is -1.97. The summed E-state index contributed by atoms with van der Waals surface area (Å²) in [5, 5.41) is 0.797. The topological polar surface area (TPSA) is 68.1 Å². The third-order valence-electron chi connectivity index (χ3n) is 2.31. The molecule has 4 nitrogen and oxygen atoms in total. The Labute approximate surface area is 93.4 Å². The van der Waals surface area contributed by atoms with E-state index in [9.17, 15) is 4.79 Å². The summed E-state index contributed by atoms with van der Waals surface area (Å²) >= 11 is 0. The van der Waals surface area contributed by atoms with Gasteiger partial charge in [0.1, 0.15) is 5.75 Å². The Kier molecular flexibility index (Phi) is 2.56. The molecule has 3 N–H and O–H groups in total. The predicted octanol–water partition coefficient (Wildman–Crippen LogP) is 2.05. The van der Waals surface area contributed by atoms with E-state index in [0.29, 0.717) is 5.56 Å².